The summed E-state index contributed by atoms with van der Waals surface area (Å²) in [6.07, 6.45) is 7.77. The Morgan fingerprint density at radius 1 is 1.14 bits per heavy atom. The van der Waals surface area contributed by atoms with Crippen LogP contribution in [0.15, 0.2) is 53.9 Å². The van der Waals surface area contributed by atoms with Crippen LogP contribution in [-0.4, -0.2) is 33.6 Å². The van der Waals surface area contributed by atoms with Gasteiger partial charge in [0, 0.05) is 49.5 Å². The molecule has 6 nitrogen and oxygen atoms in total. The zero-order chi connectivity index (χ0) is 19.6. The molecule has 0 amide bonds. The molecular formula is C21H28N6S. The number of aliphatic imine (C=N–C) groups is 1. The summed E-state index contributed by atoms with van der Waals surface area (Å²) in [6.45, 7) is 7.20. The first-order chi connectivity index (χ1) is 13.8. The standard InChI is InChI=1S/C21H28N6S/c1-3-18-14-25-20(28-18)10-11-24-21(22-4-2)26-15-19-23-12-13-27(19)16-17-8-6-5-7-9-17/h5-9,12-14H,3-4,10-11,15-16H2,1-2H3,(H2,22,24,26). The number of aromatic nitrogens is 3. The highest BCUT2D eigenvalue weighted by molar-refractivity contribution is 7.11. The van der Waals surface area contributed by atoms with E-state index in [0.29, 0.717) is 6.54 Å². The van der Waals surface area contributed by atoms with Gasteiger partial charge < -0.3 is 15.2 Å². The SMILES string of the molecule is CCNC(=NCc1nccn1Cc1ccccc1)NCCc1ncc(CC)s1. The molecule has 3 rings (SSSR count). The molecule has 28 heavy (non-hydrogen) atoms. The molecule has 0 fully saturated rings. The van der Waals surface area contributed by atoms with Crippen molar-refractivity contribution in [3.05, 3.63) is 70.2 Å². The van der Waals surface area contributed by atoms with Gasteiger partial charge in [0.15, 0.2) is 5.96 Å². The van der Waals surface area contributed by atoms with Gasteiger partial charge in [0.1, 0.15) is 12.4 Å². The van der Waals surface area contributed by atoms with Crippen molar-refractivity contribution in [1.29, 1.82) is 0 Å². The van der Waals surface area contributed by atoms with E-state index in [4.69, 9.17) is 4.99 Å². The monoisotopic (exact) mass is 396 g/mol. The molecule has 0 bridgehead atoms. The summed E-state index contributed by atoms with van der Waals surface area (Å²) < 4.78 is 2.14. The Morgan fingerprint density at radius 3 is 2.75 bits per heavy atom. The van der Waals surface area contributed by atoms with E-state index >= 15 is 0 Å². The summed E-state index contributed by atoms with van der Waals surface area (Å²) in [5.74, 6) is 1.76. The lowest BCUT2D eigenvalue weighted by molar-refractivity contribution is 0.716. The average Bonchev–Trinajstić information content (AvgIpc) is 3.36. The van der Waals surface area contributed by atoms with Gasteiger partial charge >= 0.3 is 0 Å². The number of hydrogen-bond acceptors (Lipinski definition) is 4. The van der Waals surface area contributed by atoms with Crippen molar-refractivity contribution >= 4 is 17.3 Å². The molecular weight excluding hydrogens is 368 g/mol. The first-order valence-corrected chi connectivity index (χ1v) is 10.6. The van der Waals surface area contributed by atoms with Gasteiger partial charge in [-0.2, -0.15) is 0 Å². The minimum Gasteiger partial charge on any atom is -0.357 e. The fraction of sp³-hybridized carbons (Fsp3) is 0.381. The fourth-order valence-electron chi connectivity index (χ4n) is 2.82. The Labute approximate surface area is 170 Å². The van der Waals surface area contributed by atoms with E-state index in [1.807, 2.05) is 24.7 Å². The van der Waals surface area contributed by atoms with Gasteiger partial charge in [-0.25, -0.2) is 15.0 Å². The van der Waals surface area contributed by atoms with Crippen molar-refractivity contribution in [2.45, 2.75) is 39.8 Å². The van der Waals surface area contributed by atoms with Gasteiger partial charge in [0.05, 0.1) is 5.01 Å². The summed E-state index contributed by atoms with van der Waals surface area (Å²) in [7, 11) is 0. The third kappa shape index (κ3) is 5.92. The molecule has 0 spiro atoms. The van der Waals surface area contributed by atoms with Gasteiger partial charge in [-0.3, -0.25) is 0 Å². The number of benzene rings is 1. The van der Waals surface area contributed by atoms with Crippen LogP contribution < -0.4 is 10.6 Å². The largest absolute Gasteiger partial charge is 0.357 e. The maximum Gasteiger partial charge on any atom is 0.191 e. The number of thiazole rings is 1. The molecule has 2 N–H and O–H groups in total. The number of nitrogens with one attached hydrogen (secondary N) is 2. The van der Waals surface area contributed by atoms with Crippen molar-refractivity contribution in [1.82, 2.24) is 25.2 Å². The van der Waals surface area contributed by atoms with Gasteiger partial charge in [0.2, 0.25) is 0 Å². The summed E-state index contributed by atoms with van der Waals surface area (Å²) in [5.41, 5.74) is 1.26. The molecule has 7 heteroatoms. The molecule has 2 heterocycles. The smallest absolute Gasteiger partial charge is 0.191 e. The van der Waals surface area contributed by atoms with E-state index in [2.05, 4.69) is 63.3 Å². The van der Waals surface area contributed by atoms with Crippen LogP contribution in [0.5, 0.6) is 0 Å². The van der Waals surface area contributed by atoms with E-state index in [-0.39, 0.29) is 0 Å². The van der Waals surface area contributed by atoms with E-state index in [1.165, 1.54) is 15.4 Å². The Balaban J connectivity index is 1.56. The zero-order valence-corrected chi connectivity index (χ0v) is 17.4. The Kier molecular flexibility index (Phi) is 7.61. The van der Waals surface area contributed by atoms with Crippen LogP contribution in [0, 0.1) is 0 Å². The molecule has 0 aliphatic carbocycles. The van der Waals surface area contributed by atoms with E-state index in [0.717, 1.165) is 44.3 Å². The second kappa shape index (κ2) is 10.6. The van der Waals surface area contributed by atoms with Crippen LogP contribution in [0.25, 0.3) is 0 Å². The number of guanidine groups is 1. The second-order valence-corrected chi connectivity index (χ2v) is 7.60. The van der Waals surface area contributed by atoms with Gasteiger partial charge in [0.25, 0.3) is 0 Å². The summed E-state index contributed by atoms with van der Waals surface area (Å²) in [6, 6.07) is 10.4. The zero-order valence-electron chi connectivity index (χ0n) is 16.6. The normalized spacial score (nSPS) is 11.6. The van der Waals surface area contributed by atoms with Crippen LogP contribution >= 0.6 is 11.3 Å². The Bertz CT molecular complexity index is 868. The highest BCUT2D eigenvalue weighted by Gasteiger charge is 2.05. The highest BCUT2D eigenvalue weighted by atomic mass is 32.1. The third-order valence-electron chi connectivity index (χ3n) is 4.30. The summed E-state index contributed by atoms with van der Waals surface area (Å²) >= 11 is 1.79. The van der Waals surface area contributed by atoms with Crippen molar-refractivity contribution < 1.29 is 0 Å². The van der Waals surface area contributed by atoms with Crippen LogP contribution in [0.1, 0.15) is 35.1 Å². The van der Waals surface area contributed by atoms with Crippen molar-refractivity contribution in [3.8, 4) is 0 Å². The Morgan fingerprint density at radius 2 is 2.00 bits per heavy atom. The van der Waals surface area contributed by atoms with Crippen LogP contribution in [0.3, 0.4) is 0 Å². The molecule has 3 aromatic rings. The van der Waals surface area contributed by atoms with Crippen LogP contribution in [0.2, 0.25) is 0 Å². The molecule has 0 saturated carbocycles. The quantitative estimate of drug-likeness (QED) is 0.430. The highest BCUT2D eigenvalue weighted by Crippen LogP contribution is 2.13. The second-order valence-electron chi connectivity index (χ2n) is 6.40. The van der Waals surface area contributed by atoms with E-state index in [1.54, 1.807) is 11.3 Å². The lowest BCUT2D eigenvalue weighted by atomic mass is 10.2. The van der Waals surface area contributed by atoms with Gasteiger partial charge in [-0.15, -0.1) is 11.3 Å². The Hall–Kier alpha value is -2.67. The number of aryl methyl sites for hydroxylation is 1. The van der Waals surface area contributed by atoms with E-state index < -0.39 is 0 Å². The minimum atomic E-state index is 0.534. The van der Waals surface area contributed by atoms with Crippen molar-refractivity contribution in [3.63, 3.8) is 0 Å². The first kappa shape index (κ1) is 20.1. The maximum atomic E-state index is 4.70. The van der Waals surface area contributed by atoms with E-state index in [9.17, 15) is 0 Å². The molecule has 2 aromatic heterocycles. The summed E-state index contributed by atoms with van der Waals surface area (Å²) in [4.78, 5) is 15.0. The maximum absolute atomic E-state index is 4.70. The third-order valence-corrected chi connectivity index (χ3v) is 5.50. The summed E-state index contributed by atoms with van der Waals surface area (Å²) in [5, 5.41) is 7.86. The van der Waals surface area contributed by atoms with Gasteiger partial charge in [-0.1, -0.05) is 37.3 Å². The molecule has 148 valence electrons. The molecule has 0 saturated heterocycles. The molecule has 0 aliphatic rings. The predicted molar refractivity (Wildman–Crippen MR) is 116 cm³/mol. The lowest BCUT2D eigenvalue weighted by Crippen LogP contribution is -2.38. The molecule has 0 radical (unpaired) electrons. The topological polar surface area (TPSA) is 67.1 Å². The lowest BCUT2D eigenvalue weighted by Gasteiger charge is -2.11. The first-order valence-electron chi connectivity index (χ1n) is 9.78. The molecule has 0 unspecified atom stereocenters. The fourth-order valence-corrected chi connectivity index (χ4v) is 3.68. The molecule has 0 atom stereocenters. The molecule has 1 aromatic carbocycles. The molecule has 0 aliphatic heterocycles. The van der Waals surface area contributed by atoms with Crippen molar-refractivity contribution in [2.24, 2.45) is 4.99 Å². The van der Waals surface area contributed by atoms with Crippen LogP contribution in [0.4, 0.5) is 0 Å². The van der Waals surface area contributed by atoms with Crippen LogP contribution in [-0.2, 0) is 25.9 Å². The number of rotatable bonds is 9. The number of nitrogens with zero attached hydrogens (tertiary/aromatic N) is 4. The average molecular weight is 397 g/mol. The number of imidazole rings is 1. The number of hydrogen-bond donors (Lipinski definition) is 2. The minimum absolute atomic E-state index is 0.534. The van der Waals surface area contributed by atoms with Crippen molar-refractivity contribution in [2.75, 3.05) is 13.1 Å². The van der Waals surface area contributed by atoms with Gasteiger partial charge in [-0.05, 0) is 18.9 Å². The predicted octanol–water partition coefficient (Wildman–Crippen LogP) is 3.25.